The lowest BCUT2D eigenvalue weighted by Gasteiger charge is -2.24. The van der Waals surface area contributed by atoms with E-state index in [0.717, 1.165) is 0 Å². The quantitative estimate of drug-likeness (QED) is 0.556. The van der Waals surface area contributed by atoms with E-state index in [1.807, 2.05) is 12.2 Å². The second-order valence-corrected chi connectivity index (χ2v) is 4.82. The first-order chi connectivity index (χ1) is 7.11. The van der Waals surface area contributed by atoms with Crippen molar-refractivity contribution in [3.8, 4) is 0 Å². The van der Waals surface area contributed by atoms with Crippen LogP contribution >= 0.6 is 15.9 Å². The average molecular weight is 272 g/mol. The molecule has 1 heterocycles. The van der Waals surface area contributed by atoms with E-state index in [-0.39, 0.29) is 6.73 Å². The maximum atomic E-state index is 11.8. The van der Waals surface area contributed by atoms with Crippen LogP contribution in [-0.4, -0.2) is 34.8 Å². The van der Waals surface area contributed by atoms with Gasteiger partial charge in [-0.2, -0.15) is 0 Å². The van der Waals surface area contributed by atoms with Crippen LogP contribution in [0, 0.1) is 0 Å². The van der Waals surface area contributed by atoms with Crippen molar-refractivity contribution in [1.29, 1.82) is 0 Å². The summed E-state index contributed by atoms with van der Waals surface area (Å²) in [5.41, 5.74) is 0.668. The topological polar surface area (TPSA) is 46.6 Å². The maximum absolute atomic E-state index is 11.8. The Morgan fingerprint density at radius 2 is 2.33 bits per heavy atom. The highest BCUT2D eigenvalue weighted by atomic mass is 79.9. The van der Waals surface area contributed by atoms with Crippen LogP contribution in [0.4, 0.5) is 0 Å². The monoisotopic (exact) mass is 271 g/mol. The van der Waals surface area contributed by atoms with Gasteiger partial charge in [0.15, 0.2) is 0 Å². The molecule has 1 saturated heterocycles. The van der Waals surface area contributed by atoms with Gasteiger partial charge in [0.25, 0.3) is 5.91 Å². The second-order valence-electron chi connectivity index (χ2n) is 3.47. The fraction of sp³-hybridized carbons (Fsp3) is 0.400. The molecule has 1 amide bonds. The Hall–Kier alpha value is -0.940. The third-order valence-corrected chi connectivity index (χ3v) is 3.63. The van der Waals surface area contributed by atoms with Crippen LogP contribution in [0.3, 0.4) is 0 Å². The van der Waals surface area contributed by atoms with Crippen molar-refractivity contribution in [2.45, 2.75) is 10.7 Å². The van der Waals surface area contributed by atoms with Gasteiger partial charge < -0.3 is 4.74 Å². The summed E-state index contributed by atoms with van der Waals surface area (Å²) in [5.74, 6) is -0.932. The van der Waals surface area contributed by atoms with Gasteiger partial charge in [-0.15, -0.1) is 0 Å². The van der Waals surface area contributed by atoms with Crippen LogP contribution in [0.5, 0.6) is 0 Å². The Morgan fingerprint density at radius 1 is 1.60 bits per heavy atom. The summed E-state index contributed by atoms with van der Waals surface area (Å²) in [5, 5.41) is 0. The number of Topliss-reactive ketones (excluding diaryl/α,β-unsaturated/α-hetero) is 1. The Kier molecular flexibility index (Phi) is 2.52. The van der Waals surface area contributed by atoms with Crippen molar-refractivity contribution >= 4 is 27.6 Å². The van der Waals surface area contributed by atoms with Crippen LogP contribution in [0.1, 0.15) is 6.42 Å². The van der Waals surface area contributed by atoms with E-state index in [0.29, 0.717) is 12.1 Å². The largest absolute Gasteiger partial charge is 0.364 e. The maximum Gasteiger partial charge on any atom is 0.298 e. The zero-order valence-electron chi connectivity index (χ0n) is 8.20. The molecule has 0 aromatic heterocycles. The van der Waals surface area contributed by atoms with Gasteiger partial charge in [-0.25, -0.2) is 0 Å². The number of methoxy groups -OCH3 is 1. The van der Waals surface area contributed by atoms with Gasteiger partial charge in [0.1, 0.15) is 11.1 Å². The minimum atomic E-state index is -0.864. The molecule has 0 N–H and O–H groups in total. The van der Waals surface area contributed by atoms with E-state index in [2.05, 4.69) is 15.9 Å². The molecule has 1 fully saturated rings. The number of carbonyl (C=O) groups excluding carboxylic acids is 2. The number of hydrogen-bond acceptors (Lipinski definition) is 3. The summed E-state index contributed by atoms with van der Waals surface area (Å²) in [6.07, 6.45) is 5.97. The third kappa shape index (κ3) is 1.38. The highest BCUT2D eigenvalue weighted by Crippen LogP contribution is 2.42. The summed E-state index contributed by atoms with van der Waals surface area (Å²) in [4.78, 5) is 24.8. The first kappa shape index (κ1) is 10.6. The van der Waals surface area contributed by atoms with Crippen LogP contribution < -0.4 is 0 Å². The molecular weight excluding hydrogens is 262 g/mol. The van der Waals surface area contributed by atoms with E-state index in [1.54, 1.807) is 6.08 Å². The van der Waals surface area contributed by atoms with E-state index in [1.165, 1.54) is 12.0 Å². The number of amides is 1. The molecular formula is C10H10BrNO3. The third-order valence-electron chi connectivity index (χ3n) is 2.54. The van der Waals surface area contributed by atoms with Gasteiger partial charge in [0.2, 0.25) is 5.78 Å². The first-order valence-corrected chi connectivity index (χ1v) is 5.32. The number of allylic oxidation sites excluding steroid dienone is 4. The summed E-state index contributed by atoms with van der Waals surface area (Å²) in [6.45, 7) is 0.109. The molecule has 1 atom stereocenters. The Morgan fingerprint density at radius 3 is 3.00 bits per heavy atom. The number of carbonyl (C=O) groups is 2. The SMILES string of the molecule is COCN1C(=O)C(=O)C2(Br)CC=CC=C12. The normalized spacial score (nSPS) is 29.5. The Labute approximate surface area is 95.7 Å². The second kappa shape index (κ2) is 3.57. The molecule has 2 aliphatic rings. The van der Waals surface area contributed by atoms with Gasteiger partial charge in [-0.05, 0) is 12.5 Å². The van der Waals surface area contributed by atoms with Gasteiger partial charge in [-0.3, -0.25) is 14.5 Å². The predicted octanol–water partition coefficient (Wildman–Crippen LogP) is 0.979. The summed E-state index contributed by atoms with van der Waals surface area (Å²) in [7, 11) is 1.49. The molecule has 0 aromatic carbocycles. The molecule has 0 saturated carbocycles. The fourth-order valence-electron chi connectivity index (χ4n) is 1.80. The lowest BCUT2D eigenvalue weighted by molar-refractivity contribution is -0.142. The number of alkyl halides is 1. The van der Waals surface area contributed by atoms with Gasteiger partial charge in [-0.1, -0.05) is 28.1 Å². The van der Waals surface area contributed by atoms with Crippen molar-refractivity contribution < 1.29 is 14.3 Å². The molecule has 1 aliphatic carbocycles. The molecule has 4 nitrogen and oxygen atoms in total. The number of likely N-dealkylation sites (tertiary alicyclic amines) is 1. The number of nitrogens with zero attached hydrogens (tertiary/aromatic N) is 1. The minimum Gasteiger partial charge on any atom is -0.364 e. The molecule has 0 bridgehead atoms. The number of fused-ring (bicyclic) bond motifs is 1. The lowest BCUT2D eigenvalue weighted by Crippen LogP contribution is -2.30. The molecule has 80 valence electrons. The van der Waals surface area contributed by atoms with Crippen molar-refractivity contribution in [1.82, 2.24) is 4.90 Å². The Bertz CT molecular complexity index is 388. The minimum absolute atomic E-state index is 0.109. The summed E-state index contributed by atoms with van der Waals surface area (Å²) in [6, 6.07) is 0. The van der Waals surface area contributed by atoms with Crippen LogP contribution in [-0.2, 0) is 14.3 Å². The van der Waals surface area contributed by atoms with E-state index in [4.69, 9.17) is 4.74 Å². The zero-order valence-corrected chi connectivity index (χ0v) is 9.78. The van der Waals surface area contributed by atoms with Crippen molar-refractivity contribution in [2.75, 3.05) is 13.8 Å². The van der Waals surface area contributed by atoms with Crippen molar-refractivity contribution in [2.24, 2.45) is 0 Å². The number of hydrogen-bond donors (Lipinski definition) is 0. The van der Waals surface area contributed by atoms with Crippen LogP contribution in [0.15, 0.2) is 23.9 Å². The van der Waals surface area contributed by atoms with E-state index >= 15 is 0 Å². The van der Waals surface area contributed by atoms with Gasteiger partial charge >= 0.3 is 0 Å². The van der Waals surface area contributed by atoms with E-state index in [9.17, 15) is 9.59 Å². The van der Waals surface area contributed by atoms with Crippen LogP contribution in [0.25, 0.3) is 0 Å². The highest BCUT2D eigenvalue weighted by Gasteiger charge is 2.54. The summed E-state index contributed by atoms with van der Waals surface area (Å²) >= 11 is 3.35. The van der Waals surface area contributed by atoms with Gasteiger partial charge in [0.05, 0.1) is 0 Å². The first-order valence-electron chi connectivity index (χ1n) is 4.52. The molecule has 2 rings (SSSR count). The van der Waals surface area contributed by atoms with Crippen LogP contribution in [0.2, 0.25) is 0 Å². The molecule has 15 heavy (non-hydrogen) atoms. The molecule has 5 heteroatoms. The predicted molar refractivity (Wildman–Crippen MR) is 57.2 cm³/mol. The summed E-state index contributed by atoms with van der Waals surface area (Å²) < 4.78 is 4.04. The number of rotatable bonds is 2. The number of ether oxygens (including phenoxy) is 1. The van der Waals surface area contributed by atoms with Crippen molar-refractivity contribution in [3.05, 3.63) is 23.9 Å². The molecule has 0 spiro atoms. The number of halogens is 1. The average Bonchev–Trinajstić information content (AvgIpc) is 2.42. The Balaban J connectivity index is 2.43. The fourth-order valence-corrected chi connectivity index (χ4v) is 2.50. The number of ketones is 1. The smallest absolute Gasteiger partial charge is 0.298 e. The van der Waals surface area contributed by atoms with E-state index < -0.39 is 16.0 Å². The lowest BCUT2D eigenvalue weighted by atomic mass is 9.96. The molecule has 0 radical (unpaired) electrons. The molecule has 0 aromatic rings. The molecule has 1 aliphatic heterocycles. The molecule has 1 unspecified atom stereocenters. The van der Waals surface area contributed by atoms with Crippen molar-refractivity contribution in [3.63, 3.8) is 0 Å². The standard InChI is InChI=1S/C10H10BrNO3/c1-15-6-12-7-4-2-3-5-10(7,11)8(13)9(12)14/h2-4H,5-6H2,1H3. The highest BCUT2D eigenvalue weighted by molar-refractivity contribution is 9.10. The zero-order chi connectivity index (χ0) is 11.1. The van der Waals surface area contributed by atoms with Gasteiger partial charge in [0, 0.05) is 12.8 Å².